The van der Waals surface area contributed by atoms with Crippen LogP contribution in [0, 0.1) is 13.8 Å². The number of carboxylic acids is 1. The molecule has 0 saturated carbocycles. The molecule has 0 spiro atoms. The molecule has 0 fully saturated rings. The van der Waals surface area contributed by atoms with Gasteiger partial charge in [-0.1, -0.05) is 0 Å². The molecule has 2 heterocycles. The molecule has 6 nitrogen and oxygen atoms in total. The van der Waals surface area contributed by atoms with E-state index in [2.05, 4.69) is 5.10 Å². The third-order valence-corrected chi connectivity index (χ3v) is 3.27. The first-order valence-electron chi connectivity index (χ1n) is 6.39. The third kappa shape index (κ3) is 2.49. The number of aromatic nitrogens is 3. The van der Waals surface area contributed by atoms with Crippen LogP contribution in [0.25, 0.3) is 0 Å². The highest BCUT2D eigenvalue weighted by atomic mass is 16.4. The Morgan fingerprint density at radius 3 is 2.65 bits per heavy atom. The average Bonchev–Trinajstić information content (AvgIpc) is 2.81. The summed E-state index contributed by atoms with van der Waals surface area (Å²) in [5.74, 6) is -1.19. The number of nitrogens with zero attached hydrogens (tertiary/aromatic N) is 3. The van der Waals surface area contributed by atoms with Gasteiger partial charge in [0.1, 0.15) is 5.56 Å². The second kappa shape index (κ2) is 5.32. The zero-order valence-electron chi connectivity index (χ0n) is 11.8. The van der Waals surface area contributed by atoms with Gasteiger partial charge in [0.15, 0.2) is 0 Å². The molecule has 0 aliphatic rings. The van der Waals surface area contributed by atoms with Crippen molar-refractivity contribution in [1.29, 1.82) is 0 Å². The molecule has 1 N–H and O–H groups in total. The normalized spacial score (nSPS) is 10.8. The van der Waals surface area contributed by atoms with E-state index < -0.39 is 11.5 Å². The maximum absolute atomic E-state index is 12.3. The van der Waals surface area contributed by atoms with Crippen molar-refractivity contribution in [2.45, 2.75) is 33.9 Å². The summed E-state index contributed by atoms with van der Waals surface area (Å²) in [5, 5.41) is 13.3. The highest BCUT2D eigenvalue weighted by Crippen LogP contribution is 2.09. The molecule has 0 atom stereocenters. The molecule has 0 amide bonds. The quantitative estimate of drug-likeness (QED) is 0.915. The molecule has 0 aliphatic heterocycles. The Bertz CT molecular complexity index is 713. The zero-order chi connectivity index (χ0) is 14.9. The van der Waals surface area contributed by atoms with E-state index in [1.807, 2.05) is 13.1 Å². The van der Waals surface area contributed by atoms with Crippen LogP contribution in [0.5, 0.6) is 0 Å². The zero-order valence-corrected chi connectivity index (χ0v) is 11.8. The minimum Gasteiger partial charge on any atom is -0.477 e. The summed E-state index contributed by atoms with van der Waals surface area (Å²) in [6.07, 6.45) is 3.54. The van der Waals surface area contributed by atoms with Gasteiger partial charge in [-0.15, -0.1) is 0 Å². The molecule has 2 aromatic heterocycles. The number of rotatable bonds is 4. The number of carbonyl (C=O) groups is 1. The average molecular weight is 275 g/mol. The summed E-state index contributed by atoms with van der Waals surface area (Å²) in [6.45, 7) is 6.48. The molecule has 0 unspecified atom stereocenters. The fraction of sp³-hybridized carbons (Fsp3) is 0.357. The van der Waals surface area contributed by atoms with Crippen molar-refractivity contribution in [3.8, 4) is 0 Å². The maximum atomic E-state index is 12.3. The number of pyridine rings is 1. The Balaban J connectivity index is 2.49. The van der Waals surface area contributed by atoms with E-state index in [0.29, 0.717) is 12.1 Å². The fourth-order valence-electron chi connectivity index (χ4n) is 2.23. The Hall–Kier alpha value is -2.37. The van der Waals surface area contributed by atoms with Gasteiger partial charge in [-0.25, -0.2) is 4.79 Å². The second-order valence-electron chi connectivity index (χ2n) is 4.74. The molecular weight excluding hydrogens is 258 g/mol. The molecule has 6 heteroatoms. The Morgan fingerprint density at radius 1 is 1.40 bits per heavy atom. The van der Waals surface area contributed by atoms with Crippen molar-refractivity contribution in [2.24, 2.45) is 0 Å². The lowest BCUT2D eigenvalue weighted by atomic mass is 10.1. The Labute approximate surface area is 116 Å². The van der Waals surface area contributed by atoms with E-state index in [4.69, 9.17) is 5.11 Å². The van der Waals surface area contributed by atoms with Gasteiger partial charge < -0.3 is 9.67 Å². The largest absolute Gasteiger partial charge is 0.477 e. The van der Waals surface area contributed by atoms with E-state index in [-0.39, 0.29) is 5.56 Å². The lowest BCUT2D eigenvalue weighted by Gasteiger charge is -2.11. The smallest absolute Gasteiger partial charge is 0.341 e. The first-order valence-corrected chi connectivity index (χ1v) is 6.39. The molecule has 0 aromatic carbocycles. The molecular formula is C14H17N3O3. The molecule has 20 heavy (non-hydrogen) atoms. The first-order chi connectivity index (χ1) is 9.43. The summed E-state index contributed by atoms with van der Waals surface area (Å²) in [4.78, 5) is 23.5. The maximum Gasteiger partial charge on any atom is 0.341 e. The van der Waals surface area contributed by atoms with Crippen LogP contribution in [0.3, 0.4) is 0 Å². The summed E-state index contributed by atoms with van der Waals surface area (Å²) in [7, 11) is 0. The van der Waals surface area contributed by atoms with Crippen LogP contribution in [-0.2, 0) is 13.1 Å². The molecule has 2 rings (SSSR count). The summed E-state index contributed by atoms with van der Waals surface area (Å²) < 4.78 is 3.23. The standard InChI is InChI=1S/C14H17N3O3/c1-4-16-7-11(6-15-16)8-17-10(3)5-9(2)12(13(17)18)14(19)20/h5-7H,4,8H2,1-3H3,(H,19,20). The number of aromatic carboxylic acids is 1. The van der Waals surface area contributed by atoms with Crippen LogP contribution < -0.4 is 5.56 Å². The number of hydrogen-bond donors (Lipinski definition) is 1. The van der Waals surface area contributed by atoms with E-state index in [1.54, 1.807) is 30.8 Å². The van der Waals surface area contributed by atoms with Gasteiger partial charge in [0, 0.05) is 24.0 Å². The summed E-state index contributed by atoms with van der Waals surface area (Å²) in [6, 6.07) is 1.72. The molecule has 0 radical (unpaired) electrons. The predicted octanol–water partition coefficient (Wildman–Crippen LogP) is 1.43. The number of aryl methyl sites for hydroxylation is 3. The van der Waals surface area contributed by atoms with Gasteiger partial charge in [-0.2, -0.15) is 5.10 Å². The molecule has 0 bridgehead atoms. The Kier molecular flexibility index (Phi) is 3.74. The lowest BCUT2D eigenvalue weighted by molar-refractivity contribution is 0.0693. The predicted molar refractivity (Wildman–Crippen MR) is 74.1 cm³/mol. The van der Waals surface area contributed by atoms with Crippen LogP contribution >= 0.6 is 0 Å². The lowest BCUT2D eigenvalue weighted by Crippen LogP contribution is -2.29. The van der Waals surface area contributed by atoms with Crippen LogP contribution in [-0.4, -0.2) is 25.4 Å². The van der Waals surface area contributed by atoms with Gasteiger partial charge in [0.2, 0.25) is 0 Å². The van der Waals surface area contributed by atoms with Crippen molar-refractivity contribution in [3.05, 3.63) is 51.2 Å². The van der Waals surface area contributed by atoms with E-state index in [1.165, 1.54) is 4.57 Å². The van der Waals surface area contributed by atoms with Crippen molar-refractivity contribution in [2.75, 3.05) is 0 Å². The molecule has 0 saturated heterocycles. The van der Waals surface area contributed by atoms with E-state index in [0.717, 1.165) is 17.8 Å². The SMILES string of the molecule is CCn1cc(Cn2c(C)cc(C)c(C(=O)O)c2=O)cn1. The molecule has 2 aromatic rings. The molecule has 106 valence electrons. The second-order valence-corrected chi connectivity index (χ2v) is 4.74. The van der Waals surface area contributed by atoms with Crippen LogP contribution in [0.2, 0.25) is 0 Å². The Morgan fingerprint density at radius 2 is 2.10 bits per heavy atom. The first kappa shape index (κ1) is 14.0. The van der Waals surface area contributed by atoms with Crippen molar-refractivity contribution >= 4 is 5.97 Å². The van der Waals surface area contributed by atoms with Gasteiger partial charge in [0.25, 0.3) is 5.56 Å². The third-order valence-electron chi connectivity index (χ3n) is 3.27. The van der Waals surface area contributed by atoms with Gasteiger partial charge in [-0.3, -0.25) is 9.48 Å². The highest BCUT2D eigenvalue weighted by molar-refractivity contribution is 5.88. The molecule has 0 aliphatic carbocycles. The van der Waals surface area contributed by atoms with Crippen LogP contribution in [0.15, 0.2) is 23.3 Å². The highest BCUT2D eigenvalue weighted by Gasteiger charge is 2.16. The van der Waals surface area contributed by atoms with E-state index >= 15 is 0 Å². The summed E-state index contributed by atoms with van der Waals surface area (Å²) in [5.41, 5.74) is 1.46. The van der Waals surface area contributed by atoms with Crippen molar-refractivity contribution in [3.63, 3.8) is 0 Å². The van der Waals surface area contributed by atoms with Gasteiger partial charge >= 0.3 is 5.97 Å². The monoisotopic (exact) mass is 275 g/mol. The minimum absolute atomic E-state index is 0.168. The van der Waals surface area contributed by atoms with Crippen LogP contribution in [0.1, 0.15) is 34.1 Å². The fourth-order valence-corrected chi connectivity index (χ4v) is 2.23. The van der Waals surface area contributed by atoms with Gasteiger partial charge in [-0.05, 0) is 32.4 Å². The van der Waals surface area contributed by atoms with Crippen LogP contribution in [0.4, 0.5) is 0 Å². The number of carboxylic acid groups (broad SMARTS) is 1. The minimum atomic E-state index is -1.19. The van der Waals surface area contributed by atoms with E-state index in [9.17, 15) is 9.59 Å². The van der Waals surface area contributed by atoms with Crippen molar-refractivity contribution in [1.82, 2.24) is 14.3 Å². The summed E-state index contributed by atoms with van der Waals surface area (Å²) >= 11 is 0. The number of hydrogen-bond acceptors (Lipinski definition) is 3. The van der Waals surface area contributed by atoms with Crippen molar-refractivity contribution < 1.29 is 9.90 Å². The van der Waals surface area contributed by atoms with Gasteiger partial charge in [0.05, 0.1) is 12.7 Å². The topological polar surface area (TPSA) is 77.1 Å².